The van der Waals surface area contributed by atoms with E-state index >= 15 is 0 Å². The number of amides is 2. The number of carbonyl (C=O) groups excluding carboxylic acids is 3. The number of nitrogens with zero attached hydrogens (tertiary/aromatic N) is 1. The van der Waals surface area contributed by atoms with Crippen LogP contribution in [0.15, 0.2) is 65.6 Å². The molecule has 0 unspecified atom stereocenters. The van der Waals surface area contributed by atoms with E-state index in [1.807, 2.05) is 31.2 Å². The van der Waals surface area contributed by atoms with Gasteiger partial charge in [0, 0.05) is 0 Å². The number of methoxy groups -OCH3 is 2. The average Bonchev–Trinajstić information content (AvgIpc) is 3.18. The molecular formula is C28H24ClNO7S. The summed E-state index contributed by atoms with van der Waals surface area (Å²) in [7, 11) is 2.93. The summed E-state index contributed by atoms with van der Waals surface area (Å²) in [5, 5.41) is -0.292. The minimum atomic E-state index is -0.630. The minimum absolute atomic E-state index is 0.0356. The monoisotopic (exact) mass is 553 g/mol. The highest BCUT2D eigenvalue weighted by molar-refractivity contribution is 8.18. The number of halogens is 1. The lowest BCUT2D eigenvalue weighted by molar-refractivity contribution is -0.123. The highest BCUT2D eigenvalue weighted by Gasteiger charge is 2.35. The zero-order valence-electron chi connectivity index (χ0n) is 20.9. The van der Waals surface area contributed by atoms with Crippen molar-refractivity contribution in [1.29, 1.82) is 0 Å². The van der Waals surface area contributed by atoms with Gasteiger partial charge in [-0.1, -0.05) is 29.3 Å². The summed E-state index contributed by atoms with van der Waals surface area (Å²) < 4.78 is 21.6. The Labute approximate surface area is 229 Å². The molecule has 0 aromatic heterocycles. The largest absolute Gasteiger partial charge is 0.497 e. The molecule has 4 rings (SSSR count). The minimum Gasteiger partial charge on any atom is -0.497 e. The third kappa shape index (κ3) is 6.30. The standard InChI is InChI=1S/C28H24ClNO7S/c1-17-4-8-21(9-5-17)36-13-12-30-26(31)24(38-28(30)33)16-18-14-22(29)25(23(15-18)35-3)37-27(32)19-6-10-20(34-2)11-7-19/h4-11,14-16H,12-13H2,1-3H3/b24-16-. The number of esters is 1. The van der Waals surface area contributed by atoms with Gasteiger partial charge in [0.15, 0.2) is 11.5 Å². The Balaban J connectivity index is 1.45. The number of hydrogen-bond donors (Lipinski definition) is 0. The van der Waals surface area contributed by atoms with Crippen molar-refractivity contribution in [3.05, 3.63) is 87.3 Å². The first-order chi connectivity index (χ1) is 18.3. The summed E-state index contributed by atoms with van der Waals surface area (Å²) in [6, 6.07) is 17.0. The summed E-state index contributed by atoms with van der Waals surface area (Å²) in [5.74, 6) is 0.425. The van der Waals surface area contributed by atoms with Gasteiger partial charge in [-0.2, -0.15) is 0 Å². The van der Waals surface area contributed by atoms with Crippen molar-refractivity contribution in [1.82, 2.24) is 4.90 Å². The molecule has 0 aliphatic carbocycles. The molecule has 1 fully saturated rings. The number of thioether (sulfide) groups is 1. The Hall–Kier alpha value is -3.95. The first-order valence-electron chi connectivity index (χ1n) is 11.5. The fourth-order valence-corrected chi connectivity index (χ4v) is 4.66. The summed E-state index contributed by atoms with van der Waals surface area (Å²) in [6.07, 6.45) is 1.54. The molecule has 0 saturated carbocycles. The molecule has 8 nitrogen and oxygen atoms in total. The van der Waals surface area contributed by atoms with Crippen LogP contribution in [-0.4, -0.2) is 49.4 Å². The molecule has 3 aromatic carbocycles. The first kappa shape index (κ1) is 27.1. The number of ether oxygens (including phenoxy) is 4. The van der Waals surface area contributed by atoms with Crippen molar-refractivity contribution >= 4 is 46.6 Å². The Kier molecular flexibility index (Phi) is 8.60. The van der Waals surface area contributed by atoms with Crippen LogP contribution in [0.1, 0.15) is 21.5 Å². The van der Waals surface area contributed by atoms with E-state index < -0.39 is 17.1 Å². The van der Waals surface area contributed by atoms with Crippen LogP contribution in [0.5, 0.6) is 23.0 Å². The molecule has 0 N–H and O–H groups in total. The fourth-order valence-electron chi connectivity index (χ4n) is 3.53. The van der Waals surface area contributed by atoms with Crippen LogP contribution in [-0.2, 0) is 4.79 Å². The molecule has 1 heterocycles. The van der Waals surface area contributed by atoms with Crippen LogP contribution in [0.3, 0.4) is 0 Å². The molecular weight excluding hydrogens is 530 g/mol. The summed E-state index contributed by atoms with van der Waals surface area (Å²) in [5.41, 5.74) is 1.90. The van der Waals surface area contributed by atoms with E-state index in [4.69, 9.17) is 30.5 Å². The van der Waals surface area contributed by atoms with Crippen LogP contribution < -0.4 is 18.9 Å². The maximum atomic E-state index is 12.9. The van der Waals surface area contributed by atoms with Crippen molar-refractivity contribution in [3.63, 3.8) is 0 Å². The highest BCUT2D eigenvalue weighted by atomic mass is 35.5. The van der Waals surface area contributed by atoms with E-state index in [0.717, 1.165) is 22.2 Å². The van der Waals surface area contributed by atoms with Crippen LogP contribution in [0.4, 0.5) is 4.79 Å². The normalized spacial score (nSPS) is 14.1. The zero-order valence-corrected chi connectivity index (χ0v) is 22.4. The lowest BCUT2D eigenvalue weighted by Crippen LogP contribution is -2.32. The summed E-state index contributed by atoms with van der Waals surface area (Å²) >= 11 is 7.24. The fraction of sp³-hybridized carbons (Fsp3) is 0.179. The number of benzene rings is 3. The second-order valence-electron chi connectivity index (χ2n) is 8.15. The van der Waals surface area contributed by atoms with Gasteiger partial charge >= 0.3 is 5.97 Å². The molecule has 0 radical (unpaired) electrons. The molecule has 196 valence electrons. The van der Waals surface area contributed by atoms with E-state index in [1.165, 1.54) is 26.4 Å². The smallest absolute Gasteiger partial charge is 0.343 e. The van der Waals surface area contributed by atoms with E-state index in [-0.39, 0.29) is 34.6 Å². The topological polar surface area (TPSA) is 91.4 Å². The molecule has 0 bridgehead atoms. The molecule has 1 aliphatic rings. The predicted octanol–water partition coefficient (Wildman–Crippen LogP) is 6.00. The van der Waals surface area contributed by atoms with Gasteiger partial charge in [-0.15, -0.1) is 0 Å². The van der Waals surface area contributed by atoms with Crippen LogP contribution in [0, 0.1) is 6.92 Å². The number of rotatable bonds is 9. The summed E-state index contributed by atoms with van der Waals surface area (Å²) in [6.45, 7) is 2.25. The molecule has 38 heavy (non-hydrogen) atoms. The van der Waals surface area contributed by atoms with E-state index in [2.05, 4.69) is 0 Å². The number of carbonyl (C=O) groups is 3. The lowest BCUT2D eigenvalue weighted by Gasteiger charge is -2.13. The Morgan fingerprint density at radius 3 is 2.32 bits per heavy atom. The van der Waals surface area contributed by atoms with Gasteiger partial charge in [-0.3, -0.25) is 14.5 Å². The van der Waals surface area contributed by atoms with Crippen molar-refractivity contribution in [3.8, 4) is 23.0 Å². The predicted molar refractivity (Wildman–Crippen MR) is 145 cm³/mol. The SMILES string of the molecule is COc1ccc(C(=O)Oc2c(Cl)cc(/C=C3\SC(=O)N(CCOc4ccc(C)cc4)C3=O)cc2OC)cc1. The summed E-state index contributed by atoms with van der Waals surface area (Å²) in [4.78, 5) is 39.3. The highest BCUT2D eigenvalue weighted by Crippen LogP contribution is 2.39. The molecule has 2 amide bonds. The van der Waals surface area contributed by atoms with Crippen LogP contribution >= 0.6 is 23.4 Å². The quantitative estimate of drug-likeness (QED) is 0.181. The van der Waals surface area contributed by atoms with Gasteiger partial charge in [0.2, 0.25) is 0 Å². The van der Waals surface area contributed by atoms with Gasteiger partial charge in [-0.25, -0.2) is 4.79 Å². The number of hydrogen-bond acceptors (Lipinski definition) is 8. The van der Waals surface area contributed by atoms with Gasteiger partial charge < -0.3 is 18.9 Å². The molecule has 1 aliphatic heterocycles. The first-order valence-corrected chi connectivity index (χ1v) is 12.7. The Morgan fingerprint density at radius 2 is 1.66 bits per heavy atom. The third-order valence-corrected chi connectivity index (χ3v) is 6.74. The average molecular weight is 554 g/mol. The van der Waals surface area contributed by atoms with Crippen LogP contribution in [0.2, 0.25) is 5.02 Å². The molecule has 0 atom stereocenters. The lowest BCUT2D eigenvalue weighted by atomic mass is 10.1. The van der Waals surface area contributed by atoms with Crippen LogP contribution in [0.25, 0.3) is 6.08 Å². The van der Waals surface area contributed by atoms with Gasteiger partial charge in [0.25, 0.3) is 11.1 Å². The third-order valence-electron chi connectivity index (χ3n) is 5.55. The van der Waals surface area contributed by atoms with Gasteiger partial charge in [0.1, 0.15) is 18.1 Å². The van der Waals surface area contributed by atoms with Gasteiger partial charge in [-0.05, 0) is 78.9 Å². The van der Waals surface area contributed by atoms with E-state index in [1.54, 1.807) is 30.3 Å². The second kappa shape index (κ2) is 12.1. The number of aryl methyl sites for hydroxylation is 1. The Bertz CT molecular complexity index is 1390. The van der Waals surface area contributed by atoms with E-state index in [9.17, 15) is 14.4 Å². The molecule has 0 spiro atoms. The molecule has 10 heteroatoms. The zero-order chi connectivity index (χ0) is 27.2. The number of imide groups is 1. The maximum Gasteiger partial charge on any atom is 0.343 e. The Morgan fingerprint density at radius 1 is 0.974 bits per heavy atom. The molecule has 1 saturated heterocycles. The van der Waals surface area contributed by atoms with E-state index in [0.29, 0.717) is 22.6 Å². The van der Waals surface area contributed by atoms with Crippen molar-refractivity contribution in [2.24, 2.45) is 0 Å². The maximum absolute atomic E-state index is 12.9. The molecule has 3 aromatic rings. The second-order valence-corrected chi connectivity index (χ2v) is 9.55. The van der Waals surface area contributed by atoms with Crippen molar-refractivity contribution in [2.45, 2.75) is 6.92 Å². The van der Waals surface area contributed by atoms with Crippen molar-refractivity contribution in [2.75, 3.05) is 27.4 Å². The van der Waals surface area contributed by atoms with Crippen molar-refractivity contribution < 1.29 is 33.3 Å². The van der Waals surface area contributed by atoms with Gasteiger partial charge in [0.05, 0.1) is 36.3 Å².